The van der Waals surface area contributed by atoms with Gasteiger partial charge in [-0.3, -0.25) is 4.79 Å². The molecule has 3 heterocycles. The molecule has 3 aliphatic rings. The monoisotopic (exact) mass is 328 g/mol. The summed E-state index contributed by atoms with van der Waals surface area (Å²) in [6, 6.07) is 8.41. The van der Waals surface area contributed by atoms with Gasteiger partial charge in [-0.05, 0) is 61.7 Å². The molecule has 3 atom stereocenters. The summed E-state index contributed by atoms with van der Waals surface area (Å²) in [6.07, 6.45) is 5.09. The van der Waals surface area contributed by atoms with E-state index in [-0.39, 0.29) is 12.0 Å². The standard InChI is InChI=1S/C20H28N2O2/c23-20(12-19-18-6-2-1-4-15(18)8-11-24-19)22-10-3-5-17(14-22)16-7-9-21-13-16/h1-2,4,6,16-17,19,21H,3,5,7-14H2. The summed E-state index contributed by atoms with van der Waals surface area (Å²) in [7, 11) is 0. The lowest BCUT2D eigenvalue weighted by Crippen LogP contribution is -2.43. The van der Waals surface area contributed by atoms with Crippen LogP contribution >= 0.6 is 0 Å². The Labute approximate surface area is 144 Å². The number of rotatable bonds is 3. The molecule has 0 aromatic heterocycles. The number of benzene rings is 1. The molecule has 1 amide bonds. The number of piperidine rings is 1. The molecule has 0 radical (unpaired) electrons. The Hall–Kier alpha value is -1.39. The molecule has 130 valence electrons. The molecule has 4 rings (SSSR count). The van der Waals surface area contributed by atoms with Gasteiger partial charge in [0.1, 0.15) is 0 Å². The molecule has 1 N–H and O–H groups in total. The van der Waals surface area contributed by atoms with Gasteiger partial charge in [0.25, 0.3) is 0 Å². The Morgan fingerprint density at radius 1 is 1.25 bits per heavy atom. The van der Waals surface area contributed by atoms with Gasteiger partial charge in [-0.15, -0.1) is 0 Å². The summed E-state index contributed by atoms with van der Waals surface area (Å²) >= 11 is 0. The first-order chi connectivity index (χ1) is 11.8. The van der Waals surface area contributed by atoms with Gasteiger partial charge in [0, 0.05) is 13.1 Å². The van der Waals surface area contributed by atoms with Crippen molar-refractivity contribution in [3.63, 3.8) is 0 Å². The van der Waals surface area contributed by atoms with Crippen LogP contribution < -0.4 is 5.32 Å². The topological polar surface area (TPSA) is 41.6 Å². The first-order valence-electron chi connectivity index (χ1n) is 9.49. The summed E-state index contributed by atoms with van der Waals surface area (Å²) < 4.78 is 5.94. The number of nitrogens with one attached hydrogen (secondary N) is 1. The quantitative estimate of drug-likeness (QED) is 0.927. The molecule has 0 spiro atoms. The number of carbonyl (C=O) groups excluding carboxylic acids is 1. The highest BCUT2D eigenvalue weighted by molar-refractivity contribution is 5.77. The molecule has 4 nitrogen and oxygen atoms in total. The lowest BCUT2D eigenvalue weighted by Gasteiger charge is -2.36. The van der Waals surface area contributed by atoms with Crippen LogP contribution in [0.4, 0.5) is 0 Å². The summed E-state index contributed by atoms with van der Waals surface area (Å²) in [5.41, 5.74) is 2.56. The fourth-order valence-corrected chi connectivity index (χ4v) is 4.63. The minimum atomic E-state index is -0.0593. The largest absolute Gasteiger partial charge is 0.373 e. The normalized spacial score (nSPS) is 30.2. The highest BCUT2D eigenvalue weighted by Gasteiger charge is 2.32. The Kier molecular flexibility index (Phi) is 4.86. The fourth-order valence-electron chi connectivity index (χ4n) is 4.63. The maximum absolute atomic E-state index is 12.9. The third-order valence-corrected chi connectivity index (χ3v) is 6.03. The summed E-state index contributed by atoms with van der Waals surface area (Å²) in [6.45, 7) is 4.86. The van der Waals surface area contributed by atoms with Crippen molar-refractivity contribution in [2.45, 2.75) is 38.2 Å². The van der Waals surface area contributed by atoms with Crippen LogP contribution in [-0.4, -0.2) is 43.6 Å². The predicted molar refractivity (Wildman–Crippen MR) is 93.7 cm³/mol. The van der Waals surface area contributed by atoms with Crippen LogP contribution in [0.3, 0.4) is 0 Å². The molecule has 0 aliphatic carbocycles. The smallest absolute Gasteiger partial charge is 0.225 e. The van der Waals surface area contributed by atoms with E-state index >= 15 is 0 Å². The van der Waals surface area contributed by atoms with E-state index in [0.29, 0.717) is 12.3 Å². The molecule has 24 heavy (non-hydrogen) atoms. The molecule has 3 aliphatic heterocycles. The van der Waals surface area contributed by atoms with Gasteiger partial charge >= 0.3 is 0 Å². The highest BCUT2D eigenvalue weighted by atomic mass is 16.5. The first kappa shape index (κ1) is 16.1. The van der Waals surface area contributed by atoms with Gasteiger partial charge in [-0.25, -0.2) is 0 Å². The molecule has 1 aromatic rings. The molecular formula is C20H28N2O2. The number of fused-ring (bicyclic) bond motifs is 1. The van der Waals surface area contributed by atoms with Crippen molar-refractivity contribution in [3.8, 4) is 0 Å². The van der Waals surface area contributed by atoms with Gasteiger partial charge in [-0.1, -0.05) is 24.3 Å². The van der Waals surface area contributed by atoms with Gasteiger partial charge in [-0.2, -0.15) is 0 Å². The number of hydrogen-bond donors (Lipinski definition) is 1. The Morgan fingerprint density at radius 2 is 2.17 bits per heavy atom. The van der Waals surface area contributed by atoms with Crippen LogP contribution in [0.2, 0.25) is 0 Å². The zero-order chi connectivity index (χ0) is 16.4. The van der Waals surface area contributed by atoms with E-state index < -0.39 is 0 Å². The second-order valence-electron chi connectivity index (χ2n) is 7.51. The van der Waals surface area contributed by atoms with Crippen molar-refractivity contribution in [2.24, 2.45) is 11.8 Å². The van der Waals surface area contributed by atoms with E-state index in [1.165, 1.54) is 24.0 Å². The van der Waals surface area contributed by atoms with Crippen LogP contribution in [0.15, 0.2) is 24.3 Å². The van der Waals surface area contributed by atoms with Gasteiger partial charge < -0.3 is 15.0 Å². The minimum absolute atomic E-state index is 0.0593. The molecule has 0 bridgehead atoms. The Balaban J connectivity index is 1.39. The third kappa shape index (κ3) is 3.35. The molecule has 1 aromatic carbocycles. The second kappa shape index (κ2) is 7.24. The van der Waals surface area contributed by atoms with E-state index in [0.717, 1.165) is 51.5 Å². The molecule has 4 heteroatoms. The van der Waals surface area contributed by atoms with Crippen LogP contribution in [-0.2, 0) is 16.0 Å². The fraction of sp³-hybridized carbons (Fsp3) is 0.650. The molecule has 2 saturated heterocycles. The van der Waals surface area contributed by atoms with Crippen molar-refractivity contribution in [1.82, 2.24) is 10.2 Å². The van der Waals surface area contributed by atoms with Crippen molar-refractivity contribution in [3.05, 3.63) is 35.4 Å². The van der Waals surface area contributed by atoms with E-state index in [9.17, 15) is 4.79 Å². The van der Waals surface area contributed by atoms with E-state index in [1.54, 1.807) is 0 Å². The Bertz CT molecular complexity index is 583. The van der Waals surface area contributed by atoms with Crippen molar-refractivity contribution in [1.29, 1.82) is 0 Å². The number of likely N-dealkylation sites (tertiary alicyclic amines) is 1. The lowest BCUT2D eigenvalue weighted by atomic mass is 9.84. The molecular weight excluding hydrogens is 300 g/mol. The summed E-state index contributed by atoms with van der Waals surface area (Å²) in [5, 5.41) is 3.47. The van der Waals surface area contributed by atoms with Crippen LogP contribution in [0, 0.1) is 11.8 Å². The van der Waals surface area contributed by atoms with Crippen molar-refractivity contribution < 1.29 is 9.53 Å². The number of nitrogens with zero attached hydrogens (tertiary/aromatic N) is 1. The molecule has 0 saturated carbocycles. The summed E-state index contributed by atoms with van der Waals surface area (Å²) in [4.78, 5) is 15.0. The zero-order valence-electron chi connectivity index (χ0n) is 14.4. The average Bonchev–Trinajstić information content (AvgIpc) is 3.17. The van der Waals surface area contributed by atoms with E-state index in [1.807, 2.05) is 0 Å². The number of hydrogen-bond acceptors (Lipinski definition) is 3. The minimum Gasteiger partial charge on any atom is -0.373 e. The second-order valence-corrected chi connectivity index (χ2v) is 7.51. The maximum atomic E-state index is 12.9. The lowest BCUT2D eigenvalue weighted by molar-refractivity contribution is -0.136. The van der Waals surface area contributed by atoms with E-state index in [2.05, 4.69) is 34.5 Å². The van der Waals surface area contributed by atoms with Gasteiger partial charge in [0.05, 0.1) is 19.1 Å². The third-order valence-electron chi connectivity index (χ3n) is 6.03. The highest BCUT2D eigenvalue weighted by Crippen LogP contribution is 2.32. The van der Waals surface area contributed by atoms with Crippen LogP contribution in [0.1, 0.15) is 42.9 Å². The number of ether oxygens (including phenoxy) is 1. The SMILES string of the molecule is O=C(CC1OCCc2ccccc21)N1CCCC(C2CCNC2)C1. The van der Waals surface area contributed by atoms with Crippen LogP contribution in [0.5, 0.6) is 0 Å². The number of amides is 1. The predicted octanol–water partition coefficient (Wildman–Crippen LogP) is 2.54. The van der Waals surface area contributed by atoms with Gasteiger partial charge in [0.15, 0.2) is 0 Å². The van der Waals surface area contributed by atoms with Crippen LogP contribution in [0.25, 0.3) is 0 Å². The maximum Gasteiger partial charge on any atom is 0.225 e. The molecule has 3 unspecified atom stereocenters. The summed E-state index contributed by atoms with van der Waals surface area (Å²) in [5.74, 6) is 1.71. The zero-order valence-corrected chi connectivity index (χ0v) is 14.4. The number of carbonyl (C=O) groups is 1. The first-order valence-corrected chi connectivity index (χ1v) is 9.49. The molecule has 2 fully saturated rings. The van der Waals surface area contributed by atoms with Gasteiger partial charge in [0.2, 0.25) is 5.91 Å². The van der Waals surface area contributed by atoms with Crippen molar-refractivity contribution in [2.75, 3.05) is 32.8 Å². The Morgan fingerprint density at radius 3 is 3.04 bits per heavy atom. The van der Waals surface area contributed by atoms with Crippen molar-refractivity contribution >= 4 is 5.91 Å². The average molecular weight is 328 g/mol. The van der Waals surface area contributed by atoms with E-state index in [4.69, 9.17) is 4.74 Å².